The highest BCUT2D eigenvalue weighted by molar-refractivity contribution is 5.95. The van der Waals surface area contributed by atoms with Crippen LogP contribution in [0, 0.1) is 0 Å². The van der Waals surface area contributed by atoms with E-state index in [1.807, 2.05) is 4.90 Å². The zero-order valence-electron chi connectivity index (χ0n) is 11.6. The molecule has 3 N–H and O–H groups in total. The number of aromatic nitrogens is 2. The summed E-state index contributed by atoms with van der Waals surface area (Å²) in [6, 6.07) is 0. The van der Waals surface area contributed by atoms with Gasteiger partial charge in [-0.15, -0.1) is 0 Å². The van der Waals surface area contributed by atoms with Gasteiger partial charge in [0.25, 0.3) is 5.91 Å². The Kier molecular flexibility index (Phi) is 5.04. The Hall–Kier alpha value is -2.22. The molecule has 1 aromatic rings. The minimum absolute atomic E-state index is 0.0101. The molecule has 0 aromatic carbocycles. The van der Waals surface area contributed by atoms with E-state index in [-0.39, 0.29) is 24.8 Å². The van der Waals surface area contributed by atoms with Crippen LogP contribution in [0.25, 0.3) is 0 Å². The number of ether oxygens (including phenoxy) is 1. The van der Waals surface area contributed by atoms with Crippen LogP contribution in [-0.4, -0.2) is 52.8 Å². The van der Waals surface area contributed by atoms with Crippen LogP contribution < -0.4 is 10.6 Å². The van der Waals surface area contributed by atoms with E-state index in [2.05, 4.69) is 9.97 Å². The Morgan fingerprint density at radius 2 is 2.00 bits per heavy atom. The number of carbonyl (C=O) groups is 2. The van der Waals surface area contributed by atoms with Crippen molar-refractivity contribution in [3.63, 3.8) is 0 Å². The second-order valence-corrected chi connectivity index (χ2v) is 4.79. The van der Waals surface area contributed by atoms with E-state index >= 15 is 0 Å². The number of aliphatic carboxylic acids is 1. The van der Waals surface area contributed by atoms with Gasteiger partial charge in [-0.3, -0.25) is 9.59 Å². The van der Waals surface area contributed by atoms with Crippen molar-refractivity contribution in [3.05, 3.63) is 18.1 Å². The average molecular weight is 294 g/mol. The molecule has 1 saturated heterocycles. The van der Waals surface area contributed by atoms with Gasteiger partial charge in [-0.25, -0.2) is 9.97 Å². The molecule has 114 valence electrons. The first-order chi connectivity index (χ1) is 10.1. The largest absolute Gasteiger partial charge is 0.481 e. The molecule has 0 atom stereocenters. The summed E-state index contributed by atoms with van der Waals surface area (Å²) in [5.74, 6) is -0.968. The average Bonchev–Trinajstić information content (AvgIpc) is 2.47. The molecule has 0 saturated carbocycles. The van der Waals surface area contributed by atoms with Crippen LogP contribution in [0.1, 0.15) is 29.8 Å². The molecule has 1 amide bonds. The van der Waals surface area contributed by atoms with Gasteiger partial charge in [0, 0.05) is 25.5 Å². The van der Waals surface area contributed by atoms with Crippen molar-refractivity contribution in [3.8, 4) is 0 Å². The lowest BCUT2D eigenvalue weighted by atomic mass is 10.1. The quantitative estimate of drug-likeness (QED) is 0.760. The Bertz CT molecular complexity index is 515. The smallest absolute Gasteiger partial charge is 0.305 e. The van der Waals surface area contributed by atoms with E-state index in [0.717, 1.165) is 12.8 Å². The standard InChI is InChI=1S/C13H18N4O4/c14-12(20)11-13(16-5-4-15-11)17-6-1-9(2-7-17)21-8-3-10(18)19/h4-5,9H,1-3,6-8H2,(H2,14,20)(H,18,19). The molecule has 0 radical (unpaired) electrons. The number of carbonyl (C=O) groups excluding carboxylic acids is 1. The summed E-state index contributed by atoms with van der Waals surface area (Å²) in [5.41, 5.74) is 5.46. The van der Waals surface area contributed by atoms with E-state index in [9.17, 15) is 9.59 Å². The summed E-state index contributed by atoms with van der Waals surface area (Å²) < 4.78 is 5.52. The van der Waals surface area contributed by atoms with Gasteiger partial charge in [-0.2, -0.15) is 0 Å². The van der Waals surface area contributed by atoms with Crippen molar-refractivity contribution >= 4 is 17.7 Å². The zero-order chi connectivity index (χ0) is 15.2. The molecule has 0 bridgehead atoms. The minimum Gasteiger partial charge on any atom is -0.481 e. The summed E-state index contributed by atoms with van der Waals surface area (Å²) in [7, 11) is 0. The molecular weight excluding hydrogens is 276 g/mol. The van der Waals surface area contributed by atoms with E-state index in [1.54, 1.807) is 0 Å². The monoisotopic (exact) mass is 294 g/mol. The predicted molar refractivity (Wildman–Crippen MR) is 74.0 cm³/mol. The van der Waals surface area contributed by atoms with Gasteiger partial charge >= 0.3 is 5.97 Å². The number of anilines is 1. The Balaban J connectivity index is 1.89. The second kappa shape index (κ2) is 6.98. The molecule has 1 aromatic heterocycles. The van der Waals surface area contributed by atoms with Crippen LogP contribution in [0.15, 0.2) is 12.4 Å². The zero-order valence-corrected chi connectivity index (χ0v) is 11.6. The fourth-order valence-corrected chi connectivity index (χ4v) is 2.28. The van der Waals surface area contributed by atoms with Crippen molar-refractivity contribution in [2.75, 3.05) is 24.6 Å². The Morgan fingerprint density at radius 3 is 2.62 bits per heavy atom. The molecule has 0 unspecified atom stereocenters. The van der Waals surface area contributed by atoms with Crippen molar-refractivity contribution in [1.29, 1.82) is 0 Å². The summed E-state index contributed by atoms with van der Waals surface area (Å²) >= 11 is 0. The van der Waals surface area contributed by atoms with Gasteiger partial charge in [0.1, 0.15) is 0 Å². The summed E-state index contributed by atoms with van der Waals surface area (Å²) in [6.07, 6.45) is 4.50. The third kappa shape index (κ3) is 4.12. The first-order valence-corrected chi connectivity index (χ1v) is 6.77. The highest BCUT2D eigenvalue weighted by Gasteiger charge is 2.24. The fraction of sp³-hybridized carbons (Fsp3) is 0.538. The van der Waals surface area contributed by atoms with Gasteiger partial charge in [0.05, 0.1) is 19.1 Å². The number of amides is 1. The number of hydrogen-bond acceptors (Lipinski definition) is 6. The third-order valence-corrected chi connectivity index (χ3v) is 3.32. The fourth-order valence-electron chi connectivity index (χ4n) is 2.28. The maximum Gasteiger partial charge on any atom is 0.305 e. The molecule has 8 heteroatoms. The second-order valence-electron chi connectivity index (χ2n) is 4.79. The first kappa shape index (κ1) is 15.2. The molecule has 0 aliphatic carbocycles. The molecule has 21 heavy (non-hydrogen) atoms. The lowest BCUT2D eigenvalue weighted by molar-refractivity contribution is -0.138. The lowest BCUT2D eigenvalue weighted by Crippen LogP contribution is -2.39. The number of carboxylic acid groups (broad SMARTS) is 1. The maximum atomic E-state index is 11.3. The number of piperidine rings is 1. The highest BCUT2D eigenvalue weighted by Crippen LogP contribution is 2.21. The molecule has 8 nitrogen and oxygen atoms in total. The van der Waals surface area contributed by atoms with Gasteiger partial charge in [0.2, 0.25) is 0 Å². The topological polar surface area (TPSA) is 119 Å². The SMILES string of the molecule is NC(=O)c1nccnc1N1CCC(OCCC(=O)O)CC1. The molecular formula is C13H18N4O4. The Labute approximate surface area is 121 Å². The number of hydrogen-bond donors (Lipinski definition) is 2. The molecule has 0 spiro atoms. The predicted octanol–water partition coefficient (Wildman–Crippen LogP) is 0.0356. The van der Waals surface area contributed by atoms with Crippen molar-refractivity contribution in [1.82, 2.24) is 9.97 Å². The molecule has 1 fully saturated rings. The number of carboxylic acids is 1. The van der Waals surface area contributed by atoms with Crippen molar-refractivity contribution in [2.24, 2.45) is 5.73 Å². The van der Waals surface area contributed by atoms with E-state index < -0.39 is 11.9 Å². The first-order valence-electron chi connectivity index (χ1n) is 6.77. The summed E-state index contributed by atoms with van der Waals surface area (Å²) in [5, 5.41) is 8.57. The number of nitrogens with two attached hydrogens (primary N) is 1. The lowest BCUT2D eigenvalue weighted by Gasteiger charge is -2.33. The van der Waals surface area contributed by atoms with Crippen LogP contribution >= 0.6 is 0 Å². The Morgan fingerprint density at radius 1 is 1.33 bits per heavy atom. The summed E-state index contributed by atoms with van der Waals surface area (Å²) in [4.78, 5) is 31.9. The molecule has 1 aliphatic heterocycles. The van der Waals surface area contributed by atoms with Crippen LogP contribution in [-0.2, 0) is 9.53 Å². The van der Waals surface area contributed by atoms with Gasteiger partial charge in [-0.05, 0) is 12.8 Å². The van der Waals surface area contributed by atoms with E-state index in [1.165, 1.54) is 12.4 Å². The van der Waals surface area contributed by atoms with E-state index in [0.29, 0.717) is 18.9 Å². The minimum atomic E-state index is -0.863. The van der Waals surface area contributed by atoms with E-state index in [4.69, 9.17) is 15.6 Å². The normalized spacial score (nSPS) is 15.9. The number of nitrogens with zero attached hydrogens (tertiary/aromatic N) is 3. The van der Waals surface area contributed by atoms with Crippen LogP contribution in [0.4, 0.5) is 5.82 Å². The molecule has 1 aliphatic rings. The van der Waals surface area contributed by atoms with Crippen LogP contribution in [0.3, 0.4) is 0 Å². The van der Waals surface area contributed by atoms with Gasteiger partial charge < -0.3 is 20.5 Å². The summed E-state index contributed by atoms with van der Waals surface area (Å²) in [6.45, 7) is 1.55. The van der Waals surface area contributed by atoms with Crippen molar-refractivity contribution < 1.29 is 19.4 Å². The maximum absolute atomic E-state index is 11.3. The third-order valence-electron chi connectivity index (χ3n) is 3.32. The number of rotatable bonds is 6. The van der Waals surface area contributed by atoms with Crippen molar-refractivity contribution in [2.45, 2.75) is 25.4 Å². The number of primary amides is 1. The van der Waals surface area contributed by atoms with Gasteiger partial charge in [-0.1, -0.05) is 0 Å². The molecule has 2 rings (SSSR count). The highest BCUT2D eigenvalue weighted by atomic mass is 16.5. The van der Waals surface area contributed by atoms with Crippen LogP contribution in [0.2, 0.25) is 0 Å². The molecule has 2 heterocycles. The van der Waals surface area contributed by atoms with Crippen LogP contribution in [0.5, 0.6) is 0 Å². The van der Waals surface area contributed by atoms with Gasteiger partial charge in [0.15, 0.2) is 11.5 Å².